The maximum absolute atomic E-state index is 15.7. The monoisotopic (exact) mass is 611 g/mol. The van der Waals surface area contributed by atoms with Gasteiger partial charge in [0.1, 0.15) is 29.0 Å². The number of carbonyl (C=O) groups excluding carboxylic acids is 1. The van der Waals surface area contributed by atoms with Gasteiger partial charge in [0.2, 0.25) is 0 Å². The van der Waals surface area contributed by atoms with Crippen LogP contribution in [0.3, 0.4) is 0 Å². The fraction of sp³-hybridized carbons (Fsp3) is 0.419. The molecule has 0 spiro atoms. The van der Waals surface area contributed by atoms with Crippen molar-refractivity contribution < 1.29 is 18.7 Å². The Balaban J connectivity index is 1.68. The number of benzene rings is 1. The van der Waals surface area contributed by atoms with Gasteiger partial charge in [-0.05, 0) is 69.1 Å². The van der Waals surface area contributed by atoms with E-state index in [2.05, 4.69) is 29.6 Å². The molecule has 0 radical (unpaired) electrons. The summed E-state index contributed by atoms with van der Waals surface area (Å²) in [4.78, 5) is 22.9. The lowest BCUT2D eigenvalue weighted by atomic mass is 10.00. The van der Waals surface area contributed by atoms with Gasteiger partial charge in [-0.3, -0.25) is 4.98 Å². The van der Waals surface area contributed by atoms with Crippen LogP contribution in [0, 0.1) is 12.7 Å². The predicted octanol–water partition coefficient (Wildman–Crippen LogP) is 7.94. The SMILES string of the molecule is Cc1cc(CN(C)C(=O)OC(C)(C)C)cc(F)c1-c1cc2c(-c3cccc(Cl)n3)nn(COCC[Si](C)(C)C)c2cn1. The van der Waals surface area contributed by atoms with Gasteiger partial charge in [-0.1, -0.05) is 43.4 Å². The third kappa shape index (κ3) is 7.93. The van der Waals surface area contributed by atoms with Gasteiger partial charge >= 0.3 is 6.09 Å². The molecule has 0 bridgehead atoms. The van der Waals surface area contributed by atoms with Crippen LogP contribution in [0.5, 0.6) is 0 Å². The summed E-state index contributed by atoms with van der Waals surface area (Å²) in [7, 11) is 0.387. The summed E-state index contributed by atoms with van der Waals surface area (Å²) in [5, 5.41) is 5.91. The maximum atomic E-state index is 15.7. The Morgan fingerprint density at radius 1 is 1.14 bits per heavy atom. The number of halogens is 2. The minimum Gasteiger partial charge on any atom is -0.444 e. The summed E-state index contributed by atoms with van der Waals surface area (Å²) in [6.07, 6.45) is 1.22. The summed E-state index contributed by atoms with van der Waals surface area (Å²) in [6, 6.07) is 11.5. The van der Waals surface area contributed by atoms with Gasteiger partial charge < -0.3 is 14.4 Å². The van der Waals surface area contributed by atoms with E-state index < -0.39 is 25.6 Å². The van der Waals surface area contributed by atoms with Crippen LogP contribution in [0.25, 0.3) is 33.5 Å². The normalized spacial score (nSPS) is 12.1. The second kappa shape index (κ2) is 12.5. The number of aromatic nitrogens is 4. The molecule has 0 aliphatic carbocycles. The minimum absolute atomic E-state index is 0.203. The predicted molar refractivity (Wildman–Crippen MR) is 168 cm³/mol. The lowest BCUT2D eigenvalue weighted by Gasteiger charge is -2.25. The van der Waals surface area contributed by atoms with E-state index in [0.29, 0.717) is 45.5 Å². The smallest absolute Gasteiger partial charge is 0.410 e. The van der Waals surface area contributed by atoms with Crippen molar-refractivity contribution in [2.24, 2.45) is 0 Å². The largest absolute Gasteiger partial charge is 0.444 e. The molecular formula is C31H39ClFN5O3Si. The molecule has 0 saturated carbocycles. The highest BCUT2D eigenvalue weighted by atomic mass is 35.5. The summed E-state index contributed by atoms with van der Waals surface area (Å²) in [5.41, 5.74) is 3.53. The molecule has 3 aromatic heterocycles. The van der Waals surface area contributed by atoms with Crippen LogP contribution in [0.2, 0.25) is 30.8 Å². The van der Waals surface area contributed by atoms with Crippen molar-refractivity contribution in [1.82, 2.24) is 24.6 Å². The van der Waals surface area contributed by atoms with Crippen LogP contribution >= 0.6 is 11.6 Å². The van der Waals surface area contributed by atoms with Gasteiger partial charge in [0.15, 0.2) is 0 Å². The molecular weight excluding hydrogens is 573 g/mol. The zero-order chi connectivity index (χ0) is 30.8. The number of fused-ring (bicyclic) bond motifs is 1. The van der Waals surface area contributed by atoms with Crippen molar-refractivity contribution in [2.45, 2.75) is 72.3 Å². The first-order chi connectivity index (χ1) is 19.6. The van der Waals surface area contributed by atoms with E-state index in [0.717, 1.165) is 16.9 Å². The Hall–Kier alpha value is -3.34. The van der Waals surface area contributed by atoms with Crippen LogP contribution in [0.1, 0.15) is 31.9 Å². The Bertz CT molecular complexity index is 1570. The van der Waals surface area contributed by atoms with Crippen molar-refractivity contribution >= 4 is 36.7 Å². The van der Waals surface area contributed by atoms with Gasteiger partial charge in [-0.25, -0.2) is 18.9 Å². The standard InChI is InChI=1S/C31H39ClFN5O3Si/c1-20-14-21(18-37(5)30(39)41-31(2,3)4)15-23(33)28(20)25-16-22-26(17-34-25)38(19-40-12-13-42(6,7)8)36-29(22)24-10-9-11-27(32)35-24/h9-11,14-17H,12-13,18-19H2,1-8H3. The lowest BCUT2D eigenvalue weighted by molar-refractivity contribution is 0.0285. The topological polar surface area (TPSA) is 82.4 Å². The van der Waals surface area contributed by atoms with Crippen molar-refractivity contribution in [2.75, 3.05) is 13.7 Å². The number of amides is 1. The van der Waals surface area contributed by atoms with Gasteiger partial charge in [-0.15, -0.1) is 0 Å². The molecule has 4 aromatic rings. The highest BCUT2D eigenvalue weighted by Crippen LogP contribution is 2.33. The van der Waals surface area contributed by atoms with Crippen molar-refractivity contribution in [3.8, 4) is 22.6 Å². The van der Waals surface area contributed by atoms with Crippen molar-refractivity contribution in [3.05, 3.63) is 64.7 Å². The summed E-state index contributed by atoms with van der Waals surface area (Å²) in [5.74, 6) is -0.432. The number of aryl methyl sites for hydroxylation is 1. The molecule has 1 aromatic carbocycles. The Morgan fingerprint density at radius 3 is 2.52 bits per heavy atom. The van der Waals surface area contributed by atoms with Gasteiger partial charge in [0.25, 0.3) is 0 Å². The summed E-state index contributed by atoms with van der Waals surface area (Å²) in [6.45, 7) is 15.3. The van der Waals surface area contributed by atoms with Crippen molar-refractivity contribution in [3.63, 3.8) is 0 Å². The Labute approximate surface area is 252 Å². The third-order valence-corrected chi connectivity index (χ3v) is 8.45. The third-order valence-electron chi connectivity index (χ3n) is 6.53. The maximum Gasteiger partial charge on any atom is 0.410 e. The molecule has 0 aliphatic heterocycles. The van der Waals surface area contributed by atoms with E-state index in [1.54, 1.807) is 44.8 Å². The molecule has 1 amide bonds. The molecule has 42 heavy (non-hydrogen) atoms. The van der Waals surface area contributed by atoms with Crippen LogP contribution in [-0.4, -0.2) is 58.1 Å². The number of rotatable bonds is 9. The first-order valence-electron chi connectivity index (χ1n) is 13.9. The van der Waals surface area contributed by atoms with Crippen LogP contribution < -0.4 is 0 Å². The number of pyridine rings is 2. The van der Waals surface area contributed by atoms with E-state index in [9.17, 15) is 4.79 Å². The van der Waals surface area contributed by atoms with Crippen LogP contribution in [0.4, 0.5) is 9.18 Å². The van der Waals surface area contributed by atoms with Crippen molar-refractivity contribution in [1.29, 1.82) is 0 Å². The Morgan fingerprint density at radius 2 is 1.88 bits per heavy atom. The summed E-state index contributed by atoms with van der Waals surface area (Å²) >= 11 is 6.21. The van der Waals surface area contributed by atoms with E-state index in [4.69, 9.17) is 26.2 Å². The second-order valence-corrected chi connectivity index (χ2v) is 18.7. The number of ether oxygens (including phenoxy) is 2. The Kier molecular flexibility index (Phi) is 9.39. The molecule has 8 nitrogen and oxygen atoms in total. The number of hydrogen-bond donors (Lipinski definition) is 0. The fourth-order valence-electron chi connectivity index (χ4n) is 4.47. The quantitative estimate of drug-likeness (QED) is 0.109. The number of hydrogen-bond acceptors (Lipinski definition) is 6. The number of carbonyl (C=O) groups is 1. The van der Waals surface area contributed by atoms with Gasteiger partial charge in [0.05, 0.1) is 23.1 Å². The second-order valence-electron chi connectivity index (χ2n) is 12.7. The summed E-state index contributed by atoms with van der Waals surface area (Å²) < 4.78 is 28.8. The minimum atomic E-state index is -1.24. The molecule has 224 valence electrons. The van der Waals surface area contributed by atoms with Crippen LogP contribution in [-0.2, 0) is 22.7 Å². The van der Waals surface area contributed by atoms with Crippen LogP contribution in [0.15, 0.2) is 42.6 Å². The molecule has 0 unspecified atom stereocenters. The van der Waals surface area contributed by atoms with E-state index in [1.807, 2.05) is 31.2 Å². The molecule has 0 atom stereocenters. The molecule has 0 saturated heterocycles. The molecule has 0 N–H and O–H groups in total. The van der Waals surface area contributed by atoms with Gasteiger partial charge in [0, 0.05) is 39.2 Å². The van der Waals surface area contributed by atoms with E-state index >= 15 is 4.39 Å². The molecule has 0 aliphatic rings. The first kappa shape index (κ1) is 31.6. The average molecular weight is 612 g/mol. The first-order valence-corrected chi connectivity index (χ1v) is 18.0. The molecule has 0 fully saturated rings. The highest BCUT2D eigenvalue weighted by molar-refractivity contribution is 6.76. The molecule has 3 heterocycles. The lowest BCUT2D eigenvalue weighted by Crippen LogP contribution is -2.33. The molecule has 4 rings (SSSR count). The van der Waals surface area contributed by atoms with Gasteiger partial charge in [-0.2, -0.15) is 5.10 Å². The van der Waals surface area contributed by atoms with E-state index in [-0.39, 0.29) is 13.3 Å². The highest BCUT2D eigenvalue weighted by Gasteiger charge is 2.22. The van der Waals surface area contributed by atoms with E-state index in [1.165, 1.54) is 11.0 Å². The molecule has 11 heteroatoms. The number of nitrogens with zero attached hydrogens (tertiary/aromatic N) is 5. The zero-order valence-corrected chi connectivity index (χ0v) is 27.3. The fourth-order valence-corrected chi connectivity index (χ4v) is 5.40. The zero-order valence-electron chi connectivity index (χ0n) is 25.6. The average Bonchev–Trinajstić information content (AvgIpc) is 3.22.